The molecule has 3 aromatic rings. The first-order valence-electron chi connectivity index (χ1n) is 9.81. The molecule has 0 unspecified atom stereocenters. The van der Waals surface area contributed by atoms with Gasteiger partial charge in [0.05, 0.1) is 8.45 Å². The van der Waals surface area contributed by atoms with Crippen molar-refractivity contribution in [3.8, 4) is 0 Å². The van der Waals surface area contributed by atoms with Gasteiger partial charge in [-0.15, -0.1) is 0 Å². The maximum Gasteiger partial charge on any atom is 0.227 e. The lowest BCUT2D eigenvalue weighted by Crippen LogP contribution is -2.06. The van der Waals surface area contributed by atoms with Gasteiger partial charge >= 0.3 is 0 Å². The zero-order valence-electron chi connectivity index (χ0n) is 16.1. The summed E-state index contributed by atoms with van der Waals surface area (Å²) in [6.45, 7) is 3.51. The van der Waals surface area contributed by atoms with E-state index in [2.05, 4.69) is 18.7 Å². The van der Waals surface area contributed by atoms with Gasteiger partial charge in [0, 0.05) is 27.9 Å². The standard InChI is InChI=1S/C22H22N2O/c1-2-3-12-19(23)18-11-7-10-16-17-13-14-20(15-8-5-4-6-9-15)24-22(17)25-21(16)18/h2-3,7,10-15,23H,1,4-6,8-9H2/b12-3-,23-19?/i3D,12D. The summed E-state index contributed by atoms with van der Waals surface area (Å²) in [5.74, 6) is 0.496. The van der Waals surface area contributed by atoms with Crippen molar-refractivity contribution in [1.82, 2.24) is 4.98 Å². The number of pyridine rings is 1. The number of fused-ring (bicyclic) bond motifs is 3. The normalized spacial score (nSPS) is 17.9. The van der Waals surface area contributed by atoms with Gasteiger partial charge in [0.15, 0.2) is 0 Å². The van der Waals surface area contributed by atoms with E-state index < -0.39 is 0 Å². The number of allylic oxidation sites excluding steroid dienone is 3. The molecule has 2 aromatic heterocycles. The molecule has 1 aliphatic carbocycles. The molecule has 3 heteroatoms. The lowest BCUT2D eigenvalue weighted by atomic mass is 9.86. The molecule has 1 saturated carbocycles. The zero-order valence-corrected chi connectivity index (χ0v) is 14.1. The zero-order chi connectivity index (χ0) is 19.0. The predicted octanol–water partition coefficient (Wildman–Crippen LogP) is 6.14. The SMILES string of the molecule is [2H]/C(C=C)=C(\[2H])C(=N)c1cccc2c1oc1nc(C3CCCCC3)ccc12. The molecule has 0 saturated heterocycles. The molecular formula is C22H22N2O. The minimum absolute atomic E-state index is 0.0444. The first-order chi connectivity index (χ1) is 13.1. The second kappa shape index (κ2) is 6.67. The Balaban J connectivity index is 1.83. The van der Waals surface area contributed by atoms with Crippen LogP contribution in [0.15, 0.2) is 59.5 Å². The predicted molar refractivity (Wildman–Crippen MR) is 104 cm³/mol. The van der Waals surface area contributed by atoms with E-state index in [1.54, 1.807) is 6.07 Å². The highest BCUT2D eigenvalue weighted by Gasteiger charge is 2.19. The smallest absolute Gasteiger partial charge is 0.227 e. The quantitative estimate of drug-likeness (QED) is 0.461. The molecule has 0 bridgehead atoms. The van der Waals surface area contributed by atoms with Crippen molar-refractivity contribution in [3.63, 3.8) is 0 Å². The molecule has 4 rings (SSSR count). The number of nitrogens with zero attached hydrogens (tertiary/aromatic N) is 1. The molecule has 0 radical (unpaired) electrons. The van der Waals surface area contributed by atoms with Crippen LogP contribution in [0.3, 0.4) is 0 Å². The van der Waals surface area contributed by atoms with Crippen LogP contribution >= 0.6 is 0 Å². The van der Waals surface area contributed by atoms with Crippen molar-refractivity contribution in [2.45, 2.75) is 38.0 Å². The maximum absolute atomic E-state index is 8.33. The van der Waals surface area contributed by atoms with E-state index in [1.165, 1.54) is 38.2 Å². The summed E-state index contributed by atoms with van der Waals surface area (Å²) in [6.07, 6.45) is 7.44. The lowest BCUT2D eigenvalue weighted by molar-refractivity contribution is 0.436. The first kappa shape index (κ1) is 13.6. The molecule has 1 N–H and O–H groups in total. The van der Waals surface area contributed by atoms with Crippen molar-refractivity contribution in [2.75, 3.05) is 0 Å². The minimum atomic E-state index is -0.172. The number of nitrogens with one attached hydrogen (secondary N) is 1. The van der Waals surface area contributed by atoms with E-state index in [0.29, 0.717) is 22.8 Å². The lowest BCUT2D eigenvalue weighted by Gasteiger charge is -2.20. The Hall–Kier alpha value is -2.68. The molecular weight excluding hydrogens is 308 g/mol. The van der Waals surface area contributed by atoms with Crippen LogP contribution < -0.4 is 0 Å². The van der Waals surface area contributed by atoms with Crippen LogP contribution in [0.1, 0.15) is 52.0 Å². The molecule has 1 fully saturated rings. The van der Waals surface area contributed by atoms with Gasteiger partial charge in [0.2, 0.25) is 5.71 Å². The highest BCUT2D eigenvalue weighted by molar-refractivity contribution is 6.17. The van der Waals surface area contributed by atoms with Crippen LogP contribution in [0.2, 0.25) is 0 Å². The first-order valence-corrected chi connectivity index (χ1v) is 8.81. The Morgan fingerprint density at radius 1 is 1.20 bits per heavy atom. The third-order valence-electron chi connectivity index (χ3n) is 4.98. The summed E-state index contributed by atoms with van der Waals surface area (Å²) in [7, 11) is 0. The summed E-state index contributed by atoms with van der Waals surface area (Å²) >= 11 is 0. The van der Waals surface area contributed by atoms with E-state index in [0.717, 1.165) is 16.5 Å². The monoisotopic (exact) mass is 332 g/mol. The summed E-state index contributed by atoms with van der Waals surface area (Å²) in [5.41, 5.74) is 2.67. The molecule has 1 aromatic carbocycles. The number of furan rings is 1. The van der Waals surface area contributed by atoms with Gasteiger partial charge in [0.25, 0.3) is 0 Å². The van der Waals surface area contributed by atoms with E-state index >= 15 is 0 Å². The number of hydrogen-bond acceptors (Lipinski definition) is 3. The average molecular weight is 332 g/mol. The van der Waals surface area contributed by atoms with Crippen molar-refractivity contribution < 1.29 is 7.16 Å². The number of rotatable bonds is 4. The van der Waals surface area contributed by atoms with Crippen LogP contribution in [-0.4, -0.2) is 10.7 Å². The van der Waals surface area contributed by atoms with Gasteiger partial charge < -0.3 is 9.83 Å². The van der Waals surface area contributed by atoms with E-state index in [1.807, 2.05) is 12.1 Å². The molecule has 3 nitrogen and oxygen atoms in total. The van der Waals surface area contributed by atoms with Crippen LogP contribution in [0.4, 0.5) is 0 Å². The van der Waals surface area contributed by atoms with Gasteiger partial charge in [-0.1, -0.05) is 50.1 Å². The fourth-order valence-electron chi connectivity index (χ4n) is 3.71. The molecule has 0 aliphatic heterocycles. The van der Waals surface area contributed by atoms with Crippen molar-refractivity contribution in [2.24, 2.45) is 0 Å². The molecule has 1 aliphatic rings. The Bertz CT molecular complexity index is 1070. The van der Waals surface area contributed by atoms with Gasteiger partial charge in [-0.25, -0.2) is 4.98 Å². The van der Waals surface area contributed by atoms with E-state index in [4.69, 9.17) is 17.6 Å². The second-order valence-corrected chi connectivity index (χ2v) is 6.56. The topological polar surface area (TPSA) is 49.9 Å². The van der Waals surface area contributed by atoms with Crippen LogP contribution in [0.5, 0.6) is 0 Å². The second-order valence-electron chi connectivity index (χ2n) is 6.56. The average Bonchev–Trinajstić information content (AvgIpc) is 3.10. The van der Waals surface area contributed by atoms with Crippen LogP contribution in [0.25, 0.3) is 22.1 Å². The van der Waals surface area contributed by atoms with E-state index in [-0.39, 0.29) is 17.8 Å². The highest BCUT2D eigenvalue weighted by atomic mass is 16.3. The number of para-hydroxylation sites is 1. The van der Waals surface area contributed by atoms with Gasteiger partial charge in [-0.3, -0.25) is 0 Å². The summed E-state index contributed by atoms with van der Waals surface area (Å²) in [6, 6.07) is 9.45. The fourth-order valence-corrected chi connectivity index (χ4v) is 3.71. The van der Waals surface area contributed by atoms with Crippen molar-refractivity contribution in [3.05, 3.63) is 66.3 Å². The summed E-state index contributed by atoms with van der Waals surface area (Å²) in [4.78, 5) is 4.78. The number of benzene rings is 1. The Kier molecular flexibility index (Phi) is 3.63. The molecule has 2 heterocycles. The molecule has 0 amide bonds. The van der Waals surface area contributed by atoms with Crippen molar-refractivity contribution >= 4 is 27.8 Å². The third-order valence-corrected chi connectivity index (χ3v) is 4.98. The number of aromatic nitrogens is 1. The Labute approximate surface area is 150 Å². The largest absolute Gasteiger partial charge is 0.437 e. The summed E-state index contributed by atoms with van der Waals surface area (Å²) in [5, 5.41) is 10.1. The van der Waals surface area contributed by atoms with Gasteiger partial charge in [0.1, 0.15) is 5.58 Å². The fraction of sp³-hybridized carbons (Fsp3) is 0.273. The third kappa shape index (κ3) is 2.91. The molecule has 0 atom stereocenters. The van der Waals surface area contributed by atoms with Gasteiger partial charge in [-0.05, 0) is 37.1 Å². The molecule has 0 spiro atoms. The summed E-state index contributed by atoms with van der Waals surface area (Å²) < 4.78 is 21.8. The van der Waals surface area contributed by atoms with Crippen LogP contribution in [0, 0.1) is 5.41 Å². The highest BCUT2D eigenvalue weighted by Crippen LogP contribution is 2.35. The van der Waals surface area contributed by atoms with Crippen molar-refractivity contribution in [1.29, 1.82) is 5.41 Å². The maximum atomic E-state index is 8.33. The minimum Gasteiger partial charge on any atom is -0.437 e. The molecule has 25 heavy (non-hydrogen) atoms. The Morgan fingerprint density at radius 2 is 2.04 bits per heavy atom. The number of hydrogen-bond donors (Lipinski definition) is 1. The van der Waals surface area contributed by atoms with E-state index in [9.17, 15) is 0 Å². The molecule has 126 valence electrons. The Morgan fingerprint density at radius 3 is 2.84 bits per heavy atom. The van der Waals surface area contributed by atoms with Crippen LogP contribution in [-0.2, 0) is 0 Å². The van der Waals surface area contributed by atoms with Gasteiger partial charge in [-0.2, -0.15) is 0 Å².